The number of aryl methyl sites for hydroxylation is 1. The Morgan fingerprint density at radius 1 is 1.29 bits per heavy atom. The second-order valence-electron chi connectivity index (χ2n) is 10.6. The zero-order chi connectivity index (χ0) is 33.0. The monoisotopic (exact) mass is 658 g/mol. The molecule has 1 aliphatic rings. The first-order chi connectivity index (χ1) is 21.4. The van der Waals surface area contributed by atoms with E-state index in [0.717, 1.165) is 31.2 Å². The lowest BCUT2D eigenvalue weighted by Gasteiger charge is -2.25. The van der Waals surface area contributed by atoms with E-state index in [1.54, 1.807) is 25.1 Å². The summed E-state index contributed by atoms with van der Waals surface area (Å²) in [4.78, 5) is 33.7. The van der Waals surface area contributed by atoms with Crippen molar-refractivity contribution in [1.29, 1.82) is 0 Å². The number of carbonyl (C=O) groups excluding carboxylic acids is 1. The zero-order valence-corrected chi connectivity index (χ0v) is 26.4. The summed E-state index contributed by atoms with van der Waals surface area (Å²) in [6.07, 6.45) is 3.97. The van der Waals surface area contributed by atoms with E-state index >= 15 is 0 Å². The Morgan fingerprint density at radius 3 is 2.67 bits per heavy atom. The number of H-pyrrole nitrogens is 1. The number of aliphatic hydroxyl groups is 1. The number of halogens is 2. The molecule has 1 aliphatic carbocycles. The van der Waals surface area contributed by atoms with Crippen molar-refractivity contribution >= 4 is 30.8 Å². The topological polar surface area (TPSA) is 193 Å². The van der Waals surface area contributed by atoms with E-state index in [0.29, 0.717) is 5.75 Å². The highest BCUT2D eigenvalue weighted by Gasteiger charge is 2.30. The van der Waals surface area contributed by atoms with Crippen molar-refractivity contribution in [3.63, 3.8) is 0 Å². The Labute approximate surface area is 259 Å². The van der Waals surface area contributed by atoms with Gasteiger partial charge in [-0.25, -0.2) is 23.4 Å². The molecule has 17 heteroatoms. The smallest absolute Gasteiger partial charge is 0.458 e. The summed E-state index contributed by atoms with van der Waals surface area (Å²) < 4.78 is 60.5. The standard InChI is InChI=1S/C20H31FNO5P.C8H10FN5O3/c1-15-8-7-11-19(12-15)27-28(24,25-14-17(3)21)22-13-16(2)20(23)26-18-9-5-4-6-10-18;9-2-17-4(1-15)14-3-11-5-6(14)12-8(10)13-7(5)16/h7-8,11-12,16-18H,4-6,9-10,13-14H2,1-3H3,(H,22,24);3-4,15H,1-2H2,(H3,10,12,13,16)/t16?,17-,28?;4-/m01/s1. The summed E-state index contributed by atoms with van der Waals surface area (Å²) in [6.45, 7) is 2.97. The maximum atomic E-state index is 13.2. The fraction of sp³-hybridized carbons (Fsp3) is 0.571. The van der Waals surface area contributed by atoms with E-state index in [1.165, 1.54) is 24.2 Å². The molecule has 4 atom stereocenters. The van der Waals surface area contributed by atoms with Gasteiger partial charge in [0.05, 0.1) is 25.5 Å². The van der Waals surface area contributed by atoms with Crippen LogP contribution in [0.4, 0.5) is 14.7 Å². The average Bonchev–Trinajstić information content (AvgIpc) is 3.42. The molecule has 3 aromatic rings. The van der Waals surface area contributed by atoms with E-state index in [-0.39, 0.29) is 42.3 Å². The number of ether oxygens (including phenoxy) is 2. The van der Waals surface area contributed by atoms with Crippen molar-refractivity contribution in [3.8, 4) is 5.75 Å². The number of anilines is 1. The van der Waals surface area contributed by atoms with Gasteiger partial charge in [0.25, 0.3) is 5.56 Å². The van der Waals surface area contributed by atoms with Crippen molar-refractivity contribution < 1.29 is 41.8 Å². The van der Waals surface area contributed by atoms with E-state index in [2.05, 4.69) is 24.8 Å². The first-order valence-corrected chi connectivity index (χ1v) is 16.1. The van der Waals surface area contributed by atoms with Gasteiger partial charge in [-0.3, -0.25) is 23.7 Å². The molecule has 1 aromatic carbocycles. The maximum Gasteiger partial charge on any atom is 0.458 e. The third-order valence-corrected chi connectivity index (χ3v) is 8.20. The Hall–Kier alpha value is -3.43. The summed E-state index contributed by atoms with van der Waals surface area (Å²) in [6, 6.07) is 6.98. The summed E-state index contributed by atoms with van der Waals surface area (Å²) in [7, 11) is -3.85. The fourth-order valence-electron chi connectivity index (χ4n) is 4.36. The molecule has 250 valence electrons. The number of carbonyl (C=O) groups is 1. The number of aromatic nitrogens is 4. The molecule has 0 saturated heterocycles. The minimum absolute atomic E-state index is 0.0370. The minimum atomic E-state index is -3.85. The molecule has 45 heavy (non-hydrogen) atoms. The van der Waals surface area contributed by atoms with E-state index in [9.17, 15) is 22.9 Å². The highest BCUT2D eigenvalue weighted by molar-refractivity contribution is 7.52. The van der Waals surface area contributed by atoms with Crippen LogP contribution in [-0.2, 0) is 23.4 Å². The predicted molar refractivity (Wildman–Crippen MR) is 162 cm³/mol. The third kappa shape index (κ3) is 11.2. The molecule has 0 amide bonds. The normalized spacial score (nSPS) is 17.0. The molecule has 0 bridgehead atoms. The van der Waals surface area contributed by atoms with Gasteiger partial charge in [-0.2, -0.15) is 4.98 Å². The summed E-state index contributed by atoms with van der Waals surface area (Å²) in [5.74, 6) is -0.635. The first-order valence-electron chi connectivity index (χ1n) is 14.6. The Bertz CT molecular complexity index is 1480. The number of benzene rings is 1. The SMILES string of the molecule is Cc1cccc(OP(=O)(NCC(C)C(=O)OC2CCCCC2)OC[C@H](C)F)c1.Nc1nc2c(ncn2[C@@H](CO)OCF)c(=O)[nH]1. The molecule has 0 radical (unpaired) electrons. The van der Waals surface area contributed by atoms with E-state index < -0.39 is 45.1 Å². The van der Waals surface area contributed by atoms with Gasteiger partial charge in [0.15, 0.2) is 24.3 Å². The minimum Gasteiger partial charge on any atom is -0.462 e. The van der Waals surface area contributed by atoms with Crippen molar-refractivity contribution in [1.82, 2.24) is 24.6 Å². The van der Waals surface area contributed by atoms with Crippen LogP contribution in [0, 0.1) is 12.8 Å². The van der Waals surface area contributed by atoms with Crippen molar-refractivity contribution in [2.24, 2.45) is 5.92 Å². The number of hydrogen-bond acceptors (Lipinski definition) is 11. The third-order valence-electron chi connectivity index (χ3n) is 6.69. The number of hydrogen-bond donors (Lipinski definition) is 4. The number of rotatable bonds is 14. The lowest BCUT2D eigenvalue weighted by molar-refractivity contribution is -0.154. The number of fused-ring (bicyclic) bond motifs is 1. The van der Waals surface area contributed by atoms with Crippen LogP contribution in [0.15, 0.2) is 35.4 Å². The van der Waals surface area contributed by atoms with Gasteiger partial charge in [0, 0.05) is 6.54 Å². The number of nitrogens with one attached hydrogen (secondary N) is 2. The number of imidazole rings is 1. The maximum absolute atomic E-state index is 13.2. The van der Waals surface area contributed by atoms with Crippen LogP contribution < -0.4 is 20.9 Å². The summed E-state index contributed by atoms with van der Waals surface area (Å²) >= 11 is 0. The van der Waals surface area contributed by atoms with Gasteiger partial charge in [0.1, 0.15) is 18.0 Å². The molecule has 4 rings (SSSR count). The van der Waals surface area contributed by atoms with Crippen molar-refractivity contribution in [2.75, 3.05) is 32.4 Å². The van der Waals surface area contributed by atoms with Crippen molar-refractivity contribution in [3.05, 3.63) is 46.5 Å². The molecule has 0 aliphatic heterocycles. The van der Waals surface area contributed by atoms with Crippen LogP contribution in [0.1, 0.15) is 57.7 Å². The number of esters is 1. The van der Waals surface area contributed by atoms with Crippen LogP contribution in [0.25, 0.3) is 11.2 Å². The molecule has 14 nitrogen and oxygen atoms in total. The summed E-state index contributed by atoms with van der Waals surface area (Å²) in [5.41, 5.74) is 5.96. The zero-order valence-electron chi connectivity index (χ0n) is 25.5. The second kappa shape index (κ2) is 17.3. The first kappa shape index (κ1) is 36.0. The van der Waals surface area contributed by atoms with Crippen LogP contribution in [-0.4, -0.2) is 69.5 Å². The molecular weight excluding hydrogens is 617 g/mol. The average molecular weight is 659 g/mol. The van der Waals surface area contributed by atoms with Crippen LogP contribution in [0.3, 0.4) is 0 Å². The Balaban J connectivity index is 0.000000276. The van der Waals surface area contributed by atoms with Crippen molar-refractivity contribution in [2.45, 2.75) is 71.4 Å². The molecule has 2 heterocycles. The lowest BCUT2D eigenvalue weighted by Crippen LogP contribution is -2.31. The lowest BCUT2D eigenvalue weighted by atomic mass is 9.97. The quantitative estimate of drug-likeness (QED) is 0.143. The molecule has 1 saturated carbocycles. The van der Waals surface area contributed by atoms with Crippen LogP contribution in [0.2, 0.25) is 0 Å². The highest BCUT2D eigenvalue weighted by Crippen LogP contribution is 2.44. The van der Waals surface area contributed by atoms with Gasteiger partial charge < -0.3 is 24.8 Å². The van der Waals surface area contributed by atoms with Gasteiger partial charge in [-0.1, -0.05) is 25.5 Å². The van der Waals surface area contributed by atoms with Gasteiger partial charge >= 0.3 is 13.7 Å². The molecule has 2 aromatic heterocycles. The van der Waals surface area contributed by atoms with Gasteiger partial charge in [0.2, 0.25) is 5.95 Å². The van der Waals surface area contributed by atoms with Crippen LogP contribution >= 0.6 is 7.75 Å². The number of aliphatic hydroxyl groups excluding tert-OH is 1. The molecule has 2 unspecified atom stereocenters. The highest BCUT2D eigenvalue weighted by atomic mass is 31.2. The van der Waals surface area contributed by atoms with E-state index in [1.807, 2.05) is 13.0 Å². The molecule has 1 fully saturated rings. The van der Waals surface area contributed by atoms with Gasteiger partial charge in [-0.05, 0) is 57.2 Å². The number of nitrogens with two attached hydrogens (primary N) is 1. The molecule has 0 spiro atoms. The largest absolute Gasteiger partial charge is 0.462 e. The number of aromatic amines is 1. The van der Waals surface area contributed by atoms with Gasteiger partial charge in [-0.15, -0.1) is 0 Å². The van der Waals surface area contributed by atoms with Crippen LogP contribution in [0.5, 0.6) is 5.75 Å². The number of alkyl halides is 2. The fourth-order valence-corrected chi connectivity index (χ4v) is 5.86. The molecular formula is C28H41F2N6O8P. The number of nitrogen functional groups attached to an aromatic ring is 1. The number of nitrogens with zero attached hydrogens (tertiary/aromatic N) is 3. The predicted octanol–water partition coefficient (Wildman–Crippen LogP) is 4.09. The summed E-state index contributed by atoms with van der Waals surface area (Å²) in [5, 5.41) is 11.7. The van der Waals surface area contributed by atoms with E-state index in [4.69, 9.17) is 24.6 Å². The Morgan fingerprint density at radius 2 is 2.02 bits per heavy atom. The Kier molecular flexibility index (Phi) is 13.9. The molecule has 5 N–H and O–H groups in total. The second-order valence-corrected chi connectivity index (χ2v) is 12.4.